The van der Waals surface area contributed by atoms with Crippen LogP contribution in [0.3, 0.4) is 0 Å². The van der Waals surface area contributed by atoms with Crippen LogP contribution >= 0.6 is 23.2 Å². The van der Waals surface area contributed by atoms with Crippen LogP contribution in [0.5, 0.6) is 11.6 Å². The average Bonchev–Trinajstić information content (AvgIpc) is 3.27. The molecule has 1 N–H and O–H groups in total. The molecule has 21 heavy (non-hydrogen) atoms. The maximum Gasteiger partial charge on any atom is 0.238 e. The van der Waals surface area contributed by atoms with E-state index < -0.39 is 5.82 Å². The lowest BCUT2D eigenvalue weighted by molar-refractivity contribution is 0.458. The van der Waals surface area contributed by atoms with Gasteiger partial charge in [-0.2, -0.15) is 0 Å². The Morgan fingerprint density at radius 1 is 1.24 bits per heavy atom. The van der Waals surface area contributed by atoms with Crippen LogP contribution in [0.25, 0.3) is 0 Å². The van der Waals surface area contributed by atoms with Crippen LogP contribution in [0, 0.1) is 5.82 Å². The average molecular weight is 327 g/mol. The SMILES string of the molecule is Fc1cc(Oc2ncc(CNC3CC3)cc2Cl)ccc1Cl. The minimum absolute atomic E-state index is 0.0444. The zero-order valence-corrected chi connectivity index (χ0v) is 12.6. The molecule has 3 rings (SSSR count). The highest BCUT2D eigenvalue weighted by atomic mass is 35.5. The molecule has 2 aromatic rings. The Kier molecular flexibility index (Phi) is 4.29. The number of nitrogens with zero attached hydrogens (tertiary/aromatic N) is 1. The Morgan fingerprint density at radius 3 is 2.71 bits per heavy atom. The molecular weight excluding hydrogens is 314 g/mol. The normalized spacial score (nSPS) is 14.2. The van der Waals surface area contributed by atoms with E-state index in [1.165, 1.54) is 25.0 Å². The van der Waals surface area contributed by atoms with Gasteiger partial charge in [-0.25, -0.2) is 9.37 Å². The second-order valence-corrected chi connectivity index (χ2v) is 5.78. The molecule has 1 aliphatic rings. The lowest BCUT2D eigenvalue weighted by atomic mass is 10.3. The summed E-state index contributed by atoms with van der Waals surface area (Å²) in [5, 5.41) is 3.81. The van der Waals surface area contributed by atoms with Crippen molar-refractivity contribution in [1.82, 2.24) is 10.3 Å². The van der Waals surface area contributed by atoms with E-state index in [0.717, 1.165) is 12.1 Å². The lowest BCUT2D eigenvalue weighted by Gasteiger charge is -2.09. The van der Waals surface area contributed by atoms with Gasteiger partial charge in [-0.05, 0) is 36.6 Å². The molecule has 1 saturated carbocycles. The van der Waals surface area contributed by atoms with E-state index in [1.54, 1.807) is 18.3 Å². The first-order valence-corrected chi connectivity index (χ1v) is 7.38. The molecule has 0 aliphatic heterocycles. The quantitative estimate of drug-likeness (QED) is 0.873. The molecular formula is C15H13Cl2FN2O. The van der Waals surface area contributed by atoms with E-state index in [-0.39, 0.29) is 10.9 Å². The molecule has 0 atom stereocenters. The summed E-state index contributed by atoms with van der Waals surface area (Å²) in [5.41, 5.74) is 0.988. The number of rotatable bonds is 5. The maximum absolute atomic E-state index is 13.4. The smallest absolute Gasteiger partial charge is 0.238 e. The standard InChI is InChI=1S/C15H13Cl2FN2O/c16-12-4-3-11(6-14(12)18)21-15-13(17)5-9(8-20-15)7-19-10-1-2-10/h3-6,8,10,19H,1-2,7H2. The first-order valence-electron chi connectivity index (χ1n) is 6.62. The topological polar surface area (TPSA) is 34.1 Å². The molecule has 0 spiro atoms. The third-order valence-electron chi connectivity index (χ3n) is 3.14. The third kappa shape index (κ3) is 3.84. The highest BCUT2D eigenvalue weighted by Crippen LogP contribution is 2.29. The van der Waals surface area contributed by atoms with E-state index in [0.29, 0.717) is 16.8 Å². The molecule has 0 unspecified atom stereocenters. The van der Waals surface area contributed by atoms with Crippen molar-refractivity contribution < 1.29 is 9.13 Å². The monoisotopic (exact) mass is 326 g/mol. The second kappa shape index (κ2) is 6.18. The van der Waals surface area contributed by atoms with Gasteiger partial charge in [0, 0.05) is 24.8 Å². The van der Waals surface area contributed by atoms with Gasteiger partial charge < -0.3 is 10.1 Å². The second-order valence-electron chi connectivity index (χ2n) is 4.96. The predicted molar refractivity (Wildman–Crippen MR) is 80.6 cm³/mol. The number of hydrogen-bond acceptors (Lipinski definition) is 3. The lowest BCUT2D eigenvalue weighted by Crippen LogP contribution is -2.15. The largest absolute Gasteiger partial charge is 0.437 e. The van der Waals surface area contributed by atoms with Gasteiger partial charge in [0.2, 0.25) is 5.88 Å². The zero-order chi connectivity index (χ0) is 14.8. The van der Waals surface area contributed by atoms with Gasteiger partial charge in [-0.1, -0.05) is 23.2 Å². The zero-order valence-electron chi connectivity index (χ0n) is 11.1. The number of ether oxygens (including phenoxy) is 1. The van der Waals surface area contributed by atoms with E-state index in [9.17, 15) is 4.39 Å². The van der Waals surface area contributed by atoms with Crippen LogP contribution in [0.2, 0.25) is 10.0 Å². The Hall–Kier alpha value is -1.36. The summed E-state index contributed by atoms with van der Waals surface area (Å²) in [4.78, 5) is 4.17. The van der Waals surface area contributed by atoms with Crippen molar-refractivity contribution in [1.29, 1.82) is 0 Å². The Labute approximate surface area is 132 Å². The number of benzene rings is 1. The van der Waals surface area contributed by atoms with Gasteiger partial charge in [0.05, 0.1) is 5.02 Å². The highest BCUT2D eigenvalue weighted by molar-refractivity contribution is 6.32. The summed E-state index contributed by atoms with van der Waals surface area (Å²) in [6, 6.07) is 6.60. The van der Waals surface area contributed by atoms with Crippen LogP contribution in [-0.2, 0) is 6.54 Å². The van der Waals surface area contributed by atoms with Gasteiger partial charge in [-0.3, -0.25) is 0 Å². The molecule has 1 aromatic heterocycles. The van der Waals surface area contributed by atoms with Gasteiger partial charge in [0.1, 0.15) is 16.6 Å². The minimum Gasteiger partial charge on any atom is -0.437 e. The minimum atomic E-state index is -0.546. The highest BCUT2D eigenvalue weighted by Gasteiger charge is 2.20. The van der Waals surface area contributed by atoms with Crippen molar-refractivity contribution in [3.63, 3.8) is 0 Å². The molecule has 6 heteroatoms. The van der Waals surface area contributed by atoms with Crippen molar-refractivity contribution in [2.75, 3.05) is 0 Å². The Bertz CT molecular complexity index is 662. The van der Waals surface area contributed by atoms with E-state index in [1.807, 2.05) is 0 Å². The number of hydrogen-bond donors (Lipinski definition) is 1. The van der Waals surface area contributed by atoms with Crippen LogP contribution in [0.1, 0.15) is 18.4 Å². The van der Waals surface area contributed by atoms with Crippen molar-refractivity contribution in [3.05, 3.63) is 51.9 Å². The van der Waals surface area contributed by atoms with Crippen molar-refractivity contribution in [3.8, 4) is 11.6 Å². The fourth-order valence-electron chi connectivity index (χ4n) is 1.84. The molecule has 0 amide bonds. The molecule has 1 heterocycles. The first kappa shape index (κ1) is 14.6. The van der Waals surface area contributed by atoms with Crippen LogP contribution in [0.4, 0.5) is 4.39 Å². The van der Waals surface area contributed by atoms with Crippen LogP contribution < -0.4 is 10.1 Å². The molecule has 1 fully saturated rings. The molecule has 110 valence electrons. The van der Waals surface area contributed by atoms with Gasteiger partial charge >= 0.3 is 0 Å². The summed E-state index contributed by atoms with van der Waals surface area (Å²) in [7, 11) is 0. The predicted octanol–water partition coefficient (Wildman–Crippen LogP) is 4.57. The first-order chi connectivity index (χ1) is 10.1. The number of nitrogens with one attached hydrogen (secondary N) is 1. The number of halogens is 3. The summed E-state index contributed by atoms with van der Waals surface area (Å²) in [6.45, 7) is 0.729. The Morgan fingerprint density at radius 2 is 2.05 bits per heavy atom. The molecule has 0 saturated heterocycles. The van der Waals surface area contributed by atoms with Gasteiger partial charge in [0.15, 0.2) is 0 Å². The van der Waals surface area contributed by atoms with Crippen molar-refractivity contribution in [2.24, 2.45) is 0 Å². The van der Waals surface area contributed by atoms with Gasteiger partial charge in [0.25, 0.3) is 0 Å². The molecule has 0 radical (unpaired) electrons. The molecule has 3 nitrogen and oxygen atoms in total. The van der Waals surface area contributed by atoms with E-state index in [4.69, 9.17) is 27.9 Å². The maximum atomic E-state index is 13.4. The summed E-state index contributed by atoms with van der Waals surface area (Å²) in [6.07, 6.45) is 4.15. The number of pyridine rings is 1. The fraction of sp³-hybridized carbons (Fsp3) is 0.267. The van der Waals surface area contributed by atoms with Crippen LogP contribution in [-0.4, -0.2) is 11.0 Å². The third-order valence-corrected chi connectivity index (χ3v) is 3.72. The van der Waals surface area contributed by atoms with E-state index in [2.05, 4.69) is 10.3 Å². The Balaban J connectivity index is 1.70. The molecule has 1 aromatic carbocycles. The summed E-state index contributed by atoms with van der Waals surface area (Å²) >= 11 is 11.8. The summed E-state index contributed by atoms with van der Waals surface area (Å²) < 4.78 is 18.8. The van der Waals surface area contributed by atoms with Crippen LogP contribution in [0.15, 0.2) is 30.5 Å². The molecule has 1 aliphatic carbocycles. The van der Waals surface area contributed by atoms with E-state index >= 15 is 0 Å². The van der Waals surface area contributed by atoms with Crippen molar-refractivity contribution >= 4 is 23.2 Å². The van der Waals surface area contributed by atoms with Crippen molar-refractivity contribution in [2.45, 2.75) is 25.4 Å². The summed E-state index contributed by atoms with van der Waals surface area (Å²) in [5.74, 6) is -0.000686. The fourth-order valence-corrected chi connectivity index (χ4v) is 2.18. The number of aromatic nitrogens is 1. The van der Waals surface area contributed by atoms with Gasteiger partial charge in [-0.15, -0.1) is 0 Å². The molecule has 0 bridgehead atoms.